The Hall–Kier alpha value is -0.420. The van der Waals surface area contributed by atoms with E-state index in [4.69, 9.17) is 0 Å². The van der Waals surface area contributed by atoms with Crippen LogP contribution in [0.4, 0.5) is 4.39 Å². The third-order valence-corrected chi connectivity index (χ3v) is 2.94. The lowest BCUT2D eigenvalue weighted by Gasteiger charge is -2.16. The summed E-state index contributed by atoms with van der Waals surface area (Å²) in [6.07, 6.45) is 0. The summed E-state index contributed by atoms with van der Waals surface area (Å²) in [5, 5.41) is 0.716. The lowest BCUT2D eigenvalue weighted by atomic mass is 10.2. The minimum absolute atomic E-state index is 0.124. The van der Waals surface area contributed by atoms with E-state index in [0.717, 1.165) is 0 Å². The Bertz CT molecular complexity index is 370. The van der Waals surface area contributed by atoms with E-state index in [0.29, 0.717) is 21.9 Å². The molecule has 0 unspecified atom stereocenters. The molecule has 0 bridgehead atoms. The fourth-order valence-corrected chi connectivity index (χ4v) is 2.15. The average molecular weight is 339 g/mol. The first-order valence-corrected chi connectivity index (χ1v) is 6.24. The second-order valence-electron chi connectivity index (χ2n) is 3.04. The molecule has 1 aromatic rings. The molecule has 1 rings (SSSR count). The molecule has 1 amide bonds. The van der Waals surface area contributed by atoms with Gasteiger partial charge in [0.15, 0.2) is 0 Å². The maximum Gasteiger partial charge on any atom is 0.254 e. The van der Waals surface area contributed by atoms with Crippen LogP contribution >= 0.6 is 31.9 Å². The van der Waals surface area contributed by atoms with Gasteiger partial charge in [0.2, 0.25) is 0 Å². The molecule has 0 aliphatic heterocycles. The standard InChI is InChI=1S/C10H10Br2FNO/c1-14(5-4-11)10(15)8-3-2-7(13)6-9(8)12/h2-3,6H,4-5H2,1H3. The molecular formula is C10H10Br2FNO. The fourth-order valence-electron chi connectivity index (χ4n) is 1.10. The molecule has 0 radical (unpaired) electrons. The zero-order valence-corrected chi connectivity index (χ0v) is 11.3. The fraction of sp³-hybridized carbons (Fsp3) is 0.300. The highest BCUT2D eigenvalue weighted by molar-refractivity contribution is 9.10. The van der Waals surface area contributed by atoms with Crippen LogP contribution in [0.5, 0.6) is 0 Å². The van der Waals surface area contributed by atoms with Crippen LogP contribution in [-0.2, 0) is 0 Å². The van der Waals surface area contributed by atoms with E-state index in [1.165, 1.54) is 18.2 Å². The molecule has 0 aliphatic carbocycles. The Balaban J connectivity index is 2.91. The van der Waals surface area contributed by atoms with Crippen molar-refractivity contribution in [2.45, 2.75) is 0 Å². The molecule has 82 valence electrons. The minimum atomic E-state index is -0.360. The van der Waals surface area contributed by atoms with E-state index in [9.17, 15) is 9.18 Å². The molecular weight excluding hydrogens is 329 g/mol. The predicted molar refractivity (Wildman–Crippen MR) is 64.9 cm³/mol. The molecule has 0 heterocycles. The summed E-state index contributed by atoms with van der Waals surface area (Å²) in [6.45, 7) is 0.614. The number of hydrogen-bond acceptors (Lipinski definition) is 1. The van der Waals surface area contributed by atoms with Gasteiger partial charge >= 0.3 is 0 Å². The van der Waals surface area contributed by atoms with E-state index in [1.807, 2.05) is 0 Å². The van der Waals surface area contributed by atoms with E-state index < -0.39 is 0 Å². The summed E-state index contributed by atoms with van der Waals surface area (Å²) in [7, 11) is 1.71. The minimum Gasteiger partial charge on any atom is -0.341 e. The van der Waals surface area contributed by atoms with Gasteiger partial charge in [0, 0.05) is 23.4 Å². The number of carbonyl (C=O) groups excluding carboxylic acids is 1. The van der Waals surface area contributed by atoms with Gasteiger partial charge in [-0.3, -0.25) is 4.79 Å². The van der Waals surface area contributed by atoms with Gasteiger partial charge in [-0.15, -0.1) is 0 Å². The molecule has 0 N–H and O–H groups in total. The number of hydrogen-bond donors (Lipinski definition) is 0. The summed E-state index contributed by atoms with van der Waals surface area (Å²) in [4.78, 5) is 13.4. The molecule has 1 aromatic carbocycles. The van der Waals surface area contributed by atoms with Crippen molar-refractivity contribution in [3.63, 3.8) is 0 Å². The quantitative estimate of drug-likeness (QED) is 0.776. The van der Waals surface area contributed by atoms with Crippen molar-refractivity contribution in [3.05, 3.63) is 34.1 Å². The van der Waals surface area contributed by atoms with Crippen LogP contribution in [-0.4, -0.2) is 29.7 Å². The largest absolute Gasteiger partial charge is 0.341 e. The number of nitrogens with zero attached hydrogens (tertiary/aromatic N) is 1. The van der Waals surface area contributed by atoms with Gasteiger partial charge in [0.1, 0.15) is 5.82 Å². The molecule has 2 nitrogen and oxygen atoms in total. The smallest absolute Gasteiger partial charge is 0.254 e. The summed E-state index contributed by atoms with van der Waals surface area (Å²) >= 11 is 6.42. The Morgan fingerprint density at radius 2 is 2.20 bits per heavy atom. The van der Waals surface area contributed by atoms with Gasteiger partial charge in [-0.2, -0.15) is 0 Å². The maximum absolute atomic E-state index is 12.8. The Kier molecular flexibility index (Phi) is 4.73. The van der Waals surface area contributed by atoms with Gasteiger partial charge in [0.25, 0.3) is 5.91 Å². The molecule has 0 saturated carbocycles. The third kappa shape index (κ3) is 3.28. The number of amides is 1. The number of benzene rings is 1. The summed E-state index contributed by atoms with van der Waals surface area (Å²) < 4.78 is 13.3. The molecule has 0 fully saturated rings. The van der Waals surface area contributed by atoms with Gasteiger partial charge in [0.05, 0.1) is 5.56 Å². The van der Waals surface area contributed by atoms with Gasteiger partial charge in [-0.1, -0.05) is 15.9 Å². The topological polar surface area (TPSA) is 20.3 Å². The molecule has 0 aliphatic rings. The van der Waals surface area contributed by atoms with Crippen molar-refractivity contribution in [2.75, 3.05) is 18.9 Å². The third-order valence-electron chi connectivity index (χ3n) is 1.93. The predicted octanol–water partition coefficient (Wildman–Crippen LogP) is 3.06. The van der Waals surface area contributed by atoms with Gasteiger partial charge in [-0.25, -0.2) is 4.39 Å². The van der Waals surface area contributed by atoms with Crippen LogP contribution in [0.1, 0.15) is 10.4 Å². The van der Waals surface area contributed by atoms with Gasteiger partial charge in [-0.05, 0) is 34.1 Å². The van der Waals surface area contributed by atoms with Crippen molar-refractivity contribution >= 4 is 37.8 Å². The second-order valence-corrected chi connectivity index (χ2v) is 4.69. The Morgan fingerprint density at radius 1 is 1.53 bits per heavy atom. The van der Waals surface area contributed by atoms with E-state index in [1.54, 1.807) is 11.9 Å². The number of halogens is 3. The van der Waals surface area contributed by atoms with Crippen LogP contribution in [0, 0.1) is 5.82 Å². The zero-order chi connectivity index (χ0) is 11.4. The molecule has 0 aromatic heterocycles. The van der Waals surface area contributed by atoms with E-state index in [2.05, 4.69) is 31.9 Å². The van der Waals surface area contributed by atoms with Crippen molar-refractivity contribution < 1.29 is 9.18 Å². The summed E-state index contributed by atoms with van der Waals surface area (Å²) in [5.41, 5.74) is 0.472. The number of carbonyl (C=O) groups is 1. The number of alkyl halides is 1. The van der Waals surface area contributed by atoms with Gasteiger partial charge < -0.3 is 4.90 Å². The van der Waals surface area contributed by atoms with Crippen molar-refractivity contribution in [1.82, 2.24) is 4.90 Å². The monoisotopic (exact) mass is 337 g/mol. The SMILES string of the molecule is CN(CCBr)C(=O)c1ccc(F)cc1Br. The van der Waals surface area contributed by atoms with Crippen LogP contribution in [0.25, 0.3) is 0 Å². The second kappa shape index (κ2) is 5.61. The van der Waals surface area contributed by atoms with E-state index in [-0.39, 0.29) is 11.7 Å². The highest BCUT2D eigenvalue weighted by Crippen LogP contribution is 2.19. The average Bonchev–Trinajstić information content (AvgIpc) is 2.17. The highest BCUT2D eigenvalue weighted by Gasteiger charge is 2.14. The first-order valence-electron chi connectivity index (χ1n) is 4.32. The summed E-state index contributed by atoms with van der Waals surface area (Å²) in [6, 6.07) is 4.04. The first-order chi connectivity index (χ1) is 7.06. The van der Waals surface area contributed by atoms with Crippen LogP contribution in [0.3, 0.4) is 0 Å². The summed E-state index contributed by atoms with van der Waals surface area (Å²) in [5.74, 6) is -0.483. The lowest BCUT2D eigenvalue weighted by Crippen LogP contribution is -2.28. The highest BCUT2D eigenvalue weighted by atomic mass is 79.9. The van der Waals surface area contributed by atoms with Crippen LogP contribution in [0.2, 0.25) is 0 Å². The zero-order valence-electron chi connectivity index (χ0n) is 8.14. The molecule has 5 heteroatoms. The number of rotatable bonds is 3. The van der Waals surface area contributed by atoms with E-state index >= 15 is 0 Å². The lowest BCUT2D eigenvalue weighted by molar-refractivity contribution is 0.0803. The Morgan fingerprint density at radius 3 is 2.73 bits per heavy atom. The van der Waals surface area contributed by atoms with Crippen LogP contribution in [0.15, 0.2) is 22.7 Å². The van der Waals surface area contributed by atoms with Crippen molar-refractivity contribution in [3.8, 4) is 0 Å². The molecule has 0 atom stereocenters. The molecule has 0 saturated heterocycles. The molecule has 0 spiro atoms. The maximum atomic E-state index is 12.8. The van der Waals surface area contributed by atoms with Crippen LogP contribution < -0.4 is 0 Å². The first kappa shape index (κ1) is 12.6. The normalized spacial score (nSPS) is 10.1. The molecule has 15 heavy (non-hydrogen) atoms. The van der Waals surface area contributed by atoms with Crippen molar-refractivity contribution in [2.24, 2.45) is 0 Å². The Labute approximate surface area is 105 Å². The van der Waals surface area contributed by atoms with Crippen molar-refractivity contribution in [1.29, 1.82) is 0 Å².